The van der Waals surface area contributed by atoms with Crippen LogP contribution in [0.2, 0.25) is 0 Å². The monoisotopic (exact) mass is 1080 g/mol. The fourth-order valence-electron chi connectivity index (χ4n) is 11.8. The summed E-state index contributed by atoms with van der Waals surface area (Å²) in [5.41, 5.74) is 5.17. The normalized spacial score (nSPS) is 17.5. The van der Waals surface area contributed by atoms with Crippen LogP contribution in [0.5, 0.6) is 23.0 Å². The van der Waals surface area contributed by atoms with Crippen molar-refractivity contribution < 1.29 is 38.4 Å². The molecule has 0 saturated carbocycles. The molecule has 0 radical (unpaired) electrons. The number of fused-ring (bicyclic) bond motifs is 20. The van der Waals surface area contributed by atoms with Crippen molar-refractivity contribution in [3.05, 3.63) is 72.8 Å². The molecule has 6 aliphatic heterocycles. The number of nitrogens with zero attached hydrogens (tertiary/aromatic N) is 12. The molecule has 8 bridgehead atoms. The van der Waals surface area contributed by atoms with Gasteiger partial charge in [-0.1, -0.05) is 25.7 Å². The van der Waals surface area contributed by atoms with Crippen molar-refractivity contribution in [2.24, 2.45) is 0 Å². The summed E-state index contributed by atoms with van der Waals surface area (Å²) >= 11 is 0. The van der Waals surface area contributed by atoms with Gasteiger partial charge >= 0.3 is 19.5 Å². The van der Waals surface area contributed by atoms with Crippen molar-refractivity contribution in [2.45, 2.75) is 77.0 Å². The summed E-state index contributed by atoms with van der Waals surface area (Å²) in [6, 6.07) is 24.3. The third-order valence-corrected chi connectivity index (χ3v) is 16.1. The van der Waals surface area contributed by atoms with Crippen LogP contribution in [-0.2, 0) is 19.5 Å². The standard InChI is InChI=1S/C60H68N12O4.Zn/c1-5-21-69(22-6-1)29-33-73-41-13-17-45-49(37-41)57-61-53(45)66-58-51-39-43(75-35-31-71-25-9-3-10-26-71)15-19-47(51)55(63-58)68-60-52-40-44(76-36-32-72-27-11-4-12-28-72)16-20-48(52)56(64-60)67-59-50-38-42(14-18-46(50)54(62-59)65-57)74-34-30-70-23-7-2-8-24-70;/h13-20,37-40H,1-12,21-36H2;/q-2;+2. The molecule has 17 heteroatoms. The SMILES string of the molecule is [Zn+2].c1cc2c(cc1OCCN1CCCCC1)-c1nc-2nc2[n-]c(nc3nc(nc4[n-]c(n1)c1ccc(OCCN5CCCCC5)cc41)-c1ccc(OCCN4CCCCC4)cc1-3)c1ccc(OCCN3CCCCC3)cc21. The Balaban J connectivity index is 0.00000596. The van der Waals surface area contributed by atoms with E-state index in [0.717, 1.165) is 145 Å². The van der Waals surface area contributed by atoms with Crippen LogP contribution >= 0.6 is 0 Å². The summed E-state index contributed by atoms with van der Waals surface area (Å²) in [6.45, 7) is 14.8. The minimum Gasteiger partial charge on any atom is -0.492 e. The molecule has 0 atom stereocenters. The third kappa shape index (κ3) is 11.7. The maximum Gasteiger partial charge on any atom is 2.00 e. The van der Waals surface area contributed by atoms with E-state index in [4.69, 9.17) is 58.8 Å². The maximum atomic E-state index is 6.46. The van der Waals surface area contributed by atoms with Gasteiger partial charge in [-0.15, -0.1) is 0 Å². The van der Waals surface area contributed by atoms with Crippen LogP contribution < -0.4 is 28.9 Å². The Bertz CT molecular complexity index is 3160. The van der Waals surface area contributed by atoms with Gasteiger partial charge < -0.3 is 48.9 Å². The molecular weight excluding hydrogens is 1020 g/mol. The second-order valence-corrected chi connectivity index (χ2v) is 21.3. The number of hydrogen-bond acceptors (Lipinski definition) is 14. The van der Waals surface area contributed by atoms with Crippen molar-refractivity contribution in [3.63, 3.8) is 0 Å². The molecule has 394 valence electrons. The molecule has 0 aliphatic carbocycles. The van der Waals surface area contributed by atoms with Crippen LogP contribution in [0.25, 0.3) is 89.7 Å². The van der Waals surface area contributed by atoms with Gasteiger partial charge in [0.2, 0.25) is 0 Å². The van der Waals surface area contributed by atoms with E-state index < -0.39 is 0 Å². The first kappa shape index (κ1) is 51.6. The minimum absolute atomic E-state index is 0. The number of aromatic nitrogens is 8. The van der Waals surface area contributed by atoms with Crippen molar-refractivity contribution in [1.29, 1.82) is 0 Å². The molecule has 0 unspecified atom stereocenters. The summed E-state index contributed by atoms with van der Waals surface area (Å²) in [5, 5.41) is 3.24. The smallest absolute Gasteiger partial charge is 0.492 e. The van der Waals surface area contributed by atoms with Gasteiger partial charge in [-0.3, -0.25) is 19.6 Å². The second-order valence-electron chi connectivity index (χ2n) is 21.3. The predicted octanol–water partition coefficient (Wildman–Crippen LogP) is 9.58. The first-order valence-corrected chi connectivity index (χ1v) is 28.3. The first-order valence-electron chi connectivity index (χ1n) is 28.3. The largest absolute Gasteiger partial charge is 2.00 e. The van der Waals surface area contributed by atoms with Crippen LogP contribution in [0, 0.1) is 0 Å². The summed E-state index contributed by atoms with van der Waals surface area (Å²) in [5.74, 6) is 4.91. The predicted molar refractivity (Wildman–Crippen MR) is 297 cm³/mol. The molecule has 9 heterocycles. The fraction of sp³-hybridized carbons (Fsp3) is 0.467. The van der Waals surface area contributed by atoms with Crippen LogP contribution in [-0.4, -0.2) is 154 Å². The van der Waals surface area contributed by atoms with Crippen LogP contribution in [0.15, 0.2) is 72.8 Å². The van der Waals surface area contributed by atoms with Crippen molar-refractivity contribution in [3.8, 4) is 68.5 Å². The molecule has 77 heavy (non-hydrogen) atoms. The summed E-state index contributed by atoms with van der Waals surface area (Å²) in [7, 11) is 0. The van der Waals surface area contributed by atoms with Gasteiger partial charge in [0.1, 0.15) is 49.4 Å². The Hall–Kier alpha value is -6.10. The zero-order valence-corrected chi connectivity index (χ0v) is 47.4. The Morgan fingerprint density at radius 3 is 0.935 bits per heavy atom. The maximum absolute atomic E-state index is 6.46. The number of ether oxygens (including phenoxy) is 4. The Labute approximate surface area is 463 Å². The zero-order chi connectivity index (χ0) is 50.6. The molecule has 0 N–H and O–H groups in total. The van der Waals surface area contributed by atoms with E-state index in [0.29, 0.717) is 72.3 Å². The molecule has 16 nitrogen and oxygen atoms in total. The number of hydrogen-bond donors (Lipinski definition) is 0. The number of benzene rings is 4. The van der Waals surface area contributed by atoms with Crippen molar-refractivity contribution >= 4 is 44.1 Å². The third-order valence-electron chi connectivity index (χ3n) is 16.1. The van der Waals surface area contributed by atoms with Crippen LogP contribution in [0.1, 0.15) is 77.0 Å². The van der Waals surface area contributed by atoms with Crippen molar-refractivity contribution in [2.75, 3.05) is 105 Å². The number of rotatable bonds is 16. The molecule has 0 spiro atoms. The number of piperidine rings is 4. The van der Waals surface area contributed by atoms with Gasteiger partial charge in [0.25, 0.3) is 0 Å². The van der Waals surface area contributed by atoms with Gasteiger partial charge in [-0.2, -0.15) is 0 Å². The second kappa shape index (κ2) is 23.9. The topological polar surface area (TPSA) is 155 Å². The van der Waals surface area contributed by atoms with Gasteiger partial charge in [0.15, 0.2) is 0 Å². The average Bonchev–Trinajstić information content (AvgIpc) is 4.22. The van der Waals surface area contributed by atoms with Crippen LogP contribution in [0.3, 0.4) is 0 Å². The first-order chi connectivity index (χ1) is 37.6. The van der Waals surface area contributed by atoms with Crippen molar-refractivity contribution in [1.82, 2.24) is 59.5 Å². The molecule has 4 saturated heterocycles. The summed E-state index contributed by atoms with van der Waals surface area (Å²) in [4.78, 5) is 52.0. The quantitative estimate of drug-likeness (QED) is 0.0843. The van der Waals surface area contributed by atoms with E-state index in [2.05, 4.69) is 19.6 Å². The molecule has 13 rings (SSSR count). The molecule has 6 aliphatic rings. The van der Waals surface area contributed by atoms with Gasteiger partial charge in [-0.05, 0) is 198 Å². The molecule has 7 aromatic rings. The molecule has 4 aromatic carbocycles. The van der Waals surface area contributed by atoms with E-state index >= 15 is 0 Å². The van der Waals surface area contributed by atoms with E-state index in [1.54, 1.807) is 0 Å². The van der Waals surface area contributed by atoms with E-state index in [9.17, 15) is 0 Å². The Morgan fingerprint density at radius 2 is 0.597 bits per heavy atom. The minimum atomic E-state index is 0. The molecule has 0 amide bonds. The fourth-order valence-corrected chi connectivity index (χ4v) is 11.8. The molecule has 3 aromatic heterocycles. The van der Waals surface area contributed by atoms with E-state index in [1.807, 2.05) is 72.8 Å². The van der Waals surface area contributed by atoms with Gasteiger partial charge in [0, 0.05) is 71.0 Å². The van der Waals surface area contributed by atoms with Gasteiger partial charge in [0.05, 0.1) is 23.3 Å². The average molecular weight is 1090 g/mol. The van der Waals surface area contributed by atoms with Gasteiger partial charge in [-0.25, -0.2) is 9.97 Å². The summed E-state index contributed by atoms with van der Waals surface area (Å²) < 4.78 is 25.8. The molecule has 4 fully saturated rings. The van der Waals surface area contributed by atoms with E-state index in [-0.39, 0.29) is 19.5 Å². The Morgan fingerprint density at radius 1 is 0.312 bits per heavy atom. The Kier molecular flexibility index (Phi) is 16.0. The molecular formula is C60H68N12O4Zn. The van der Waals surface area contributed by atoms with E-state index in [1.165, 1.54) is 77.0 Å². The van der Waals surface area contributed by atoms with Crippen LogP contribution in [0.4, 0.5) is 0 Å². The zero-order valence-electron chi connectivity index (χ0n) is 44.4. The summed E-state index contributed by atoms with van der Waals surface area (Å²) in [6.07, 6.45) is 15.1. The number of likely N-dealkylation sites (tertiary alicyclic amines) is 4.